The van der Waals surface area contributed by atoms with Gasteiger partial charge in [0, 0.05) is 21.9 Å². The Morgan fingerprint density at radius 3 is 1.67 bits per heavy atom. The average molecular weight is 422 g/mol. The van der Waals surface area contributed by atoms with Crippen LogP contribution in [-0.4, -0.2) is 4.40 Å². The maximum Gasteiger partial charge on any atom is 0.254 e. The highest BCUT2D eigenvalue weighted by Crippen LogP contribution is 2.36. The van der Waals surface area contributed by atoms with Gasteiger partial charge in [-0.3, -0.25) is 0 Å². The molecule has 0 unspecified atom stereocenters. The van der Waals surface area contributed by atoms with Crippen molar-refractivity contribution in [1.29, 1.82) is 0 Å². The molecule has 2 nitrogen and oxygen atoms in total. The third-order valence-electron chi connectivity index (χ3n) is 6.64. The standard InChI is InChI=1S/C31H21N2/c1-3-11-22(12-4-1)28-19-32-21-33-20-29(23-13-5-2-6-14-23)25-16-8-10-18-27(25)31(33)30(32)26-17-9-7-15-24(26)28/h1-21H/q+1. The number of rotatable bonds is 2. The third kappa shape index (κ3) is 2.71. The molecule has 0 bridgehead atoms. The number of aromatic nitrogens is 2. The SMILES string of the molecule is c1ccc(-c2cn3c[n+]4cc(-c5ccccc5)c5ccccc5c4c3c3ccccc23)cc1. The first-order valence-electron chi connectivity index (χ1n) is 11.3. The molecule has 0 N–H and O–H groups in total. The van der Waals surface area contributed by atoms with Crippen molar-refractivity contribution in [3.8, 4) is 22.3 Å². The van der Waals surface area contributed by atoms with E-state index >= 15 is 0 Å². The van der Waals surface area contributed by atoms with Gasteiger partial charge in [0.25, 0.3) is 6.33 Å². The summed E-state index contributed by atoms with van der Waals surface area (Å²) in [6.07, 6.45) is 6.76. The van der Waals surface area contributed by atoms with Crippen molar-refractivity contribution >= 4 is 32.6 Å². The number of benzene rings is 4. The Morgan fingerprint density at radius 2 is 1.00 bits per heavy atom. The van der Waals surface area contributed by atoms with Gasteiger partial charge in [-0.25, -0.2) is 8.80 Å². The first-order chi connectivity index (χ1) is 16.4. The molecule has 0 atom stereocenters. The number of hydrogen-bond donors (Lipinski definition) is 0. The van der Waals surface area contributed by atoms with Crippen LogP contribution in [0.1, 0.15) is 0 Å². The van der Waals surface area contributed by atoms with Gasteiger partial charge in [-0.2, -0.15) is 0 Å². The zero-order valence-corrected chi connectivity index (χ0v) is 18.0. The highest BCUT2D eigenvalue weighted by Gasteiger charge is 2.21. The highest BCUT2D eigenvalue weighted by atomic mass is 15.0. The van der Waals surface area contributed by atoms with Gasteiger partial charge in [0.05, 0.1) is 0 Å². The summed E-state index contributed by atoms with van der Waals surface area (Å²) in [5.74, 6) is 0. The normalized spacial score (nSPS) is 11.6. The minimum atomic E-state index is 1.23. The average Bonchev–Trinajstić information content (AvgIpc) is 3.28. The number of hydrogen-bond acceptors (Lipinski definition) is 0. The zero-order valence-electron chi connectivity index (χ0n) is 18.0. The summed E-state index contributed by atoms with van der Waals surface area (Å²) in [6, 6.07) is 38.8. The Morgan fingerprint density at radius 1 is 0.485 bits per heavy atom. The van der Waals surface area contributed by atoms with E-state index in [1.54, 1.807) is 0 Å². The Balaban J connectivity index is 1.67. The smallest absolute Gasteiger partial charge is 0.200 e. The Kier molecular flexibility index (Phi) is 3.88. The van der Waals surface area contributed by atoms with Crippen molar-refractivity contribution < 1.29 is 4.40 Å². The summed E-state index contributed by atoms with van der Waals surface area (Å²) < 4.78 is 4.59. The van der Waals surface area contributed by atoms with E-state index in [1.807, 2.05) is 0 Å². The van der Waals surface area contributed by atoms with Gasteiger partial charge in [0.2, 0.25) is 0 Å². The minimum Gasteiger partial charge on any atom is -0.200 e. The summed E-state index contributed by atoms with van der Waals surface area (Å²) >= 11 is 0. The molecule has 33 heavy (non-hydrogen) atoms. The molecule has 0 aliphatic rings. The van der Waals surface area contributed by atoms with Crippen molar-refractivity contribution in [3.63, 3.8) is 0 Å². The largest absolute Gasteiger partial charge is 0.254 e. The molecule has 0 radical (unpaired) electrons. The molecule has 0 fully saturated rings. The second-order valence-electron chi connectivity index (χ2n) is 8.54. The van der Waals surface area contributed by atoms with Gasteiger partial charge >= 0.3 is 0 Å². The Bertz CT molecular complexity index is 1660. The molecule has 0 amide bonds. The van der Waals surface area contributed by atoms with Crippen molar-refractivity contribution in [2.75, 3.05) is 0 Å². The van der Waals surface area contributed by atoms with Crippen LogP contribution in [0.3, 0.4) is 0 Å². The van der Waals surface area contributed by atoms with Gasteiger partial charge in [0.1, 0.15) is 12.4 Å². The van der Waals surface area contributed by atoms with E-state index in [4.69, 9.17) is 0 Å². The van der Waals surface area contributed by atoms with Crippen molar-refractivity contribution in [2.45, 2.75) is 0 Å². The molecule has 0 aliphatic carbocycles. The van der Waals surface area contributed by atoms with Gasteiger partial charge in [-0.05, 0) is 34.0 Å². The second kappa shape index (κ2) is 7.04. The van der Waals surface area contributed by atoms with Crippen LogP contribution < -0.4 is 4.40 Å². The second-order valence-corrected chi connectivity index (χ2v) is 8.54. The maximum absolute atomic E-state index is 2.29. The molecule has 4 aromatic carbocycles. The molecule has 7 aromatic rings. The van der Waals surface area contributed by atoms with E-state index in [0.29, 0.717) is 0 Å². The Labute approximate surface area is 191 Å². The summed E-state index contributed by atoms with van der Waals surface area (Å²) in [7, 11) is 0. The molecule has 0 saturated carbocycles. The number of fused-ring (bicyclic) bond motifs is 7. The lowest BCUT2D eigenvalue weighted by Gasteiger charge is -2.08. The summed E-state index contributed by atoms with van der Waals surface area (Å²) in [5.41, 5.74) is 7.42. The number of pyridine rings is 2. The predicted molar refractivity (Wildman–Crippen MR) is 136 cm³/mol. The topological polar surface area (TPSA) is 8.51 Å². The van der Waals surface area contributed by atoms with Crippen LogP contribution in [0.5, 0.6) is 0 Å². The van der Waals surface area contributed by atoms with E-state index in [1.165, 1.54) is 54.8 Å². The molecule has 3 aromatic heterocycles. The summed E-state index contributed by atoms with van der Waals surface area (Å²) in [6.45, 7) is 0. The monoisotopic (exact) mass is 421 g/mol. The van der Waals surface area contributed by atoms with E-state index in [9.17, 15) is 0 Å². The van der Waals surface area contributed by atoms with E-state index < -0.39 is 0 Å². The van der Waals surface area contributed by atoms with Crippen LogP contribution in [0.15, 0.2) is 128 Å². The molecule has 3 heterocycles. The molecule has 2 heteroatoms. The molecule has 0 spiro atoms. The quantitative estimate of drug-likeness (QED) is 0.259. The van der Waals surface area contributed by atoms with E-state index in [-0.39, 0.29) is 0 Å². The maximum atomic E-state index is 2.29. The summed E-state index contributed by atoms with van der Waals surface area (Å²) in [5, 5.41) is 5.07. The molecular weight excluding hydrogens is 400 g/mol. The first-order valence-corrected chi connectivity index (χ1v) is 11.3. The summed E-state index contributed by atoms with van der Waals surface area (Å²) in [4.78, 5) is 0. The Hall–Kier alpha value is -4.43. The van der Waals surface area contributed by atoms with E-state index in [0.717, 1.165) is 0 Å². The van der Waals surface area contributed by atoms with Crippen LogP contribution in [0, 0.1) is 0 Å². The van der Waals surface area contributed by atoms with Gasteiger partial charge < -0.3 is 0 Å². The van der Waals surface area contributed by atoms with Crippen LogP contribution in [-0.2, 0) is 0 Å². The molecule has 154 valence electrons. The lowest BCUT2D eigenvalue weighted by atomic mass is 9.97. The van der Waals surface area contributed by atoms with Crippen molar-refractivity contribution in [3.05, 3.63) is 128 Å². The van der Waals surface area contributed by atoms with Gasteiger partial charge in [-0.15, -0.1) is 0 Å². The minimum absolute atomic E-state index is 1.23. The van der Waals surface area contributed by atoms with Crippen molar-refractivity contribution in [2.24, 2.45) is 0 Å². The highest BCUT2D eigenvalue weighted by molar-refractivity contribution is 6.15. The third-order valence-corrected chi connectivity index (χ3v) is 6.64. The van der Waals surface area contributed by atoms with Crippen LogP contribution >= 0.6 is 0 Å². The van der Waals surface area contributed by atoms with Crippen LogP contribution in [0.25, 0.3) is 54.8 Å². The fourth-order valence-corrected chi connectivity index (χ4v) is 5.18. The number of nitrogens with zero attached hydrogens (tertiary/aromatic N) is 2. The van der Waals surface area contributed by atoms with E-state index in [2.05, 4.69) is 137 Å². The fraction of sp³-hybridized carbons (Fsp3) is 0. The van der Waals surface area contributed by atoms with Gasteiger partial charge in [-0.1, -0.05) is 97.1 Å². The molecular formula is C31H21N2+. The van der Waals surface area contributed by atoms with Crippen LogP contribution in [0.2, 0.25) is 0 Å². The fourth-order valence-electron chi connectivity index (χ4n) is 5.18. The molecule has 7 rings (SSSR count). The molecule has 0 aliphatic heterocycles. The molecule has 0 saturated heterocycles. The lowest BCUT2D eigenvalue weighted by Crippen LogP contribution is -2.18. The first kappa shape index (κ1) is 18.2. The zero-order chi connectivity index (χ0) is 21.8. The van der Waals surface area contributed by atoms with Crippen LogP contribution in [0.4, 0.5) is 0 Å². The van der Waals surface area contributed by atoms with Gasteiger partial charge in [0.15, 0.2) is 11.0 Å². The lowest BCUT2D eigenvalue weighted by molar-refractivity contribution is -0.509. The van der Waals surface area contributed by atoms with Crippen molar-refractivity contribution in [1.82, 2.24) is 4.40 Å². The number of imidazole rings is 1. The predicted octanol–water partition coefficient (Wildman–Crippen LogP) is 7.32.